The van der Waals surface area contributed by atoms with Crippen LogP contribution in [0.2, 0.25) is 0 Å². The predicted molar refractivity (Wildman–Crippen MR) is 94.0 cm³/mol. The van der Waals surface area contributed by atoms with Crippen molar-refractivity contribution in [1.82, 2.24) is 9.62 Å². The molecule has 9 heteroatoms. The summed E-state index contributed by atoms with van der Waals surface area (Å²) in [7, 11) is -4.01. The fraction of sp³-hybridized carbons (Fsp3) is 0.222. The minimum absolute atomic E-state index is 0.0749. The van der Waals surface area contributed by atoms with Gasteiger partial charge in [-0.15, -0.1) is 0 Å². The summed E-state index contributed by atoms with van der Waals surface area (Å²) in [6.45, 7) is -0.202. The molecule has 1 N–H and O–H groups in total. The third-order valence-electron chi connectivity index (χ3n) is 4.29. The summed E-state index contributed by atoms with van der Waals surface area (Å²) in [5, 5.41) is 2.59. The monoisotopic (exact) mass is 388 g/mol. The molecular weight excluding hydrogens is 372 g/mol. The Morgan fingerprint density at radius 1 is 1.11 bits per heavy atom. The minimum atomic E-state index is -4.01. The quantitative estimate of drug-likeness (QED) is 0.831. The molecule has 4 rings (SSSR count). The second-order valence-corrected chi connectivity index (χ2v) is 7.95. The van der Waals surface area contributed by atoms with E-state index in [1.807, 2.05) is 12.1 Å². The fourth-order valence-corrected chi connectivity index (χ4v) is 4.49. The van der Waals surface area contributed by atoms with Crippen LogP contribution in [0.1, 0.15) is 10.4 Å². The van der Waals surface area contributed by atoms with Gasteiger partial charge >= 0.3 is 0 Å². The van der Waals surface area contributed by atoms with E-state index in [0.717, 1.165) is 0 Å². The van der Waals surface area contributed by atoms with Gasteiger partial charge in [0.15, 0.2) is 11.5 Å². The Kier molecular flexibility index (Phi) is 4.23. The third-order valence-corrected chi connectivity index (χ3v) is 6.08. The van der Waals surface area contributed by atoms with Gasteiger partial charge in [-0.05, 0) is 24.3 Å². The second-order valence-electron chi connectivity index (χ2n) is 6.11. The van der Waals surface area contributed by atoms with E-state index in [2.05, 4.69) is 5.32 Å². The molecule has 2 aromatic rings. The maximum atomic E-state index is 12.5. The molecule has 2 aliphatic heterocycles. The largest absolute Gasteiger partial charge is 0.486 e. The number of nitrogens with one attached hydrogen (secondary N) is 1. The first kappa shape index (κ1) is 17.3. The molecule has 2 aromatic carbocycles. The van der Waals surface area contributed by atoms with Crippen molar-refractivity contribution in [3.63, 3.8) is 0 Å². The third kappa shape index (κ3) is 3.10. The van der Waals surface area contributed by atoms with Crippen LogP contribution in [-0.4, -0.2) is 50.3 Å². The summed E-state index contributed by atoms with van der Waals surface area (Å²) < 4.78 is 36.8. The van der Waals surface area contributed by atoms with Crippen molar-refractivity contribution in [1.29, 1.82) is 0 Å². The molecule has 0 bridgehead atoms. The lowest BCUT2D eigenvalue weighted by Crippen LogP contribution is -2.45. The number of ether oxygens (including phenoxy) is 2. The Hall–Kier alpha value is -3.07. The van der Waals surface area contributed by atoms with Crippen molar-refractivity contribution in [3.05, 3.63) is 54.1 Å². The van der Waals surface area contributed by atoms with Gasteiger partial charge in [0.05, 0.1) is 12.1 Å². The van der Waals surface area contributed by atoms with Gasteiger partial charge in [-0.25, -0.2) is 12.7 Å². The lowest BCUT2D eigenvalue weighted by Gasteiger charge is -2.26. The van der Waals surface area contributed by atoms with Crippen LogP contribution in [0.3, 0.4) is 0 Å². The van der Waals surface area contributed by atoms with E-state index in [0.29, 0.717) is 15.8 Å². The molecule has 1 atom stereocenters. The van der Waals surface area contributed by atoms with Crippen LogP contribution in [0.4, 0.5) is 0 Å². The van der Waals surface area contributed by atoms with Crippen molar-refractivity contribution in [2.24, 2.45) is 0 Å². The molecule has 2 aliphatic rings. The van der Waals surface area contributed by atoms with Crippen LogP contribution in [0.25, 0.3) is 0 Å². The standard InChI is InChI=1S/C18H16N2O6S/c21-17(19-9-12-11-25-14-6-2-3-7-15(14)26-12)10-20-18(22)13-5-1-4-8-16(13)27(20,23)24/h1-8,12H,9-11H2,(H,19,21)/t12-/m0/s1. The number of sulfonamides is 1. The van der Waals surface area contributed by atoms with Crippen LogP contribution < -0.4 is 14.8 Å². The summed E-state index contributed by atoms with van der Waals surface area (Å²) in [6.07, 6.45) is -0.410. The van der Waals surface area contributed by atoms with E-state index >= 15 is 0 Å². The first-order valence-electron chi connectivity index (χ1n) is 8.28. The lowest BCUT2D eigenvalue weighted by molar-refractivity contribution is -0.121. The topological polar surface area (TPSA) is 102 Å². The Balaban J connectivity index is 1.38. The first-order valence-corrected chi connectivity index (χ1v) is 9.72. The zero-order valence-electron chi connectivity index (χ0n) is 14.1. The SMILES string of the molecule is O=C(CN1C(=O)c2ccccc2S1(=O)=O)NC[C@H]1COc2ccccc2O1. The number of para-hydroxylation sites is 2. The van der Waals surface area contributed by atoms with E-state index < -0.39 is 34.5 Å². The number of amides is 2. The normalized spacial score (nSPS) is 19.5. The van der Waals surface area contributed by atoms with E-state index in [1.165, 1.54) is 18.2 Å². The Labute approximate surface area is 155 Å². The van der Waals surface area contributed by atoms with Gasteiger partial charge in [-0.1, -0.05) is 24.3 Å². The highest BCUT2D eigenvalue weighted by atomic mass is 32.2. The molecule has 0 spiro atoms. The van der Waals surface area contributed by atoms with Crippen LogP contribution >= 0.6 is 0 Å². The van der Waals surface area contributed by atoms with Gasteiger partial charge in [-0.2, -0.15) is 0 Å². The van der Waals surface area contributed by atoms with Crippen molar-refractivity contribution in [3.8, 4) is 11.5 Å². The van der Waals surface area contributed by atoms with Gasteiger partial charge in [0.25, 0.3) is 15.9 Å². The fourth-order valence-electron chi connectivity index (χ4n) is 2.96. The lowest BCUT2D eigenvalue weighted by atomic mass is 10.2. The number of carbonyl (C=O) groups is 2. The summed E-state index contributed by atoms with van der Waals surface area (Å²) in [4.78, 5) is 24.4. The van der Waals surface area contributed by atoms with Crippen molar-refractivity contribution < 1.29 is 27.5 Å². The molecule has 0 radical (unpaired) electrons. The molecule has 0 saturated carbocycles. The van der Waals surface area contributed by atoms with Gasteiger partial charge in [-0.3, -0.25) is 9.59 Å². The zero-order chi connectivity index (χ0) is 19.0. The van der Waals surface area contributed by atoms with E-state index in [4.69, 9.17) is 9.47 Å². The zero-order valence-corrected chi connectivity index (χ0v) is 14.9. The number of fused-ring (bicyclic) bond motifs is 2. The number of benzene rings is 2. The molecule has 0 saturated heterocycles. The van der Waals surface area contributed by atoms with Crippen molar-refractivity contribution >= 4 is 21.8 Å². The maximum Gasteiger partial charge on any atom is 0.269 e. The molecule has 0 fully saturated rings. The van der Waals surface area contributed by atoms with Crippen molar-refractivity contribution in [2.45, 2.75) is 11.0 Å². The minimum Gasteiger partial charge on any atom is -0.486 e. The van der Waals surface area contributed by atoms with Crippen LogP contribution in [0, 0.1) is 0 Å². The summed E-state index contributed by atoms with van der Waals surface area (Å²) >= 11 is 0. The highest BCUT2D eigenvalue weighted by molar-refractivity contribution is 7.90. The molecule has 27 heavy (non-hydrogen) atoms. The number of rotatable bonds is 4. The Morgan fingerprint density at radius 3 is 2.59 bits per heavy atom. The number of hydrogen-bond donors (Lipinski definition) is 1. The molecule has 140 valence electrons. The second kappa shape index (κ2) is 6.58. The number of nitrogens with zero attached hydrogens (tertiary/aromatic N) is 1. The summed E-state index contributed by atoms with van der Waals surface area (Å²) in [5.41, 5.74) is 0.0749. The first-order chi connectivity index (χ1) is 13.0. The number of carbonyl (C=O) groups excluding carboxylic acids is 2. The van der Waals surface area contributed by atoms with Gasteiger partial charge in [0.1, 0.15) is 24.2 Å². The highest BCUT2D eigenvalue weighted by Crippen LogP contribution is 2.31. The molecule has 0 aromatic heterocycles. The summed E-state index contributed by atoms with van der Waals surface area (Å²) in [6, 6.07) is 13.1. The molecule has 2 amide bonds. The molecular formula is C18H16N2O6S. The van der Waals surface area contributed by atoms with E-state index in [-0.39, 0.29) is 23.6 Å². The van der Waals surface area contributed by atoms with Crippen molar-refractivity contribution in [2.75, 3.05) is 19.7 Å². The highest BCUT2D eigenvalue weighted by Gasteiger charge is 2.41. The van der Waals surface area contributed by atoms with Crippen LogP contribution in [0.15, 0.2) is 53.4 Å². The van der Waals surface area contributed by atoms with Gasteiger partial charge < -0.3 is 14.8 Å². The van der Waals surface area contributed by atoms with Crippen LogP contribution in [0.5, 0.6) is 11.5 Å². The summed E-state index contributed by atoms with van der Waals surface area (Å²) in [5.74, 6) is -0.0866. The molecule has 8 nitrogen and oxygen atoms in total. The molecule has 0 unspecified atom stereocenters. The average molecular weight is 388 g/mol. The number of hydrogen-bond acceptors (Lipinski definition) is 6. The smallest absolute Gasteiger partial charge is 0.269 e. The van der Waals surface area contributed by atoms with E-state index in [9.17, 15) is 18.0 Å². The Morgan fingerprint density at radius 2 is 1.81 bits per heavy atom. The average Bonchev–Trinajstić information content (AvgIpc) is 2.87. The van der Waals surface area contributed by atoms with Crippen LogP contribution in [-0.2, 0) is 14.8 Å². The predicted octanol–water partition coefficient (Wildman–Crippen LogP) is 0.787. The maximum absolute atomic E-state index is 12.5. The van der Waals surface area contributed by atoms with E-state index in [1.54, 1.807) is 18.2 Å². The van der Waals surface area contributed by atoms with Gasteiger partial charge in [0, 0.05) is 0 Å². The Bertz CT molecular complexity index is 1020. The molecule has 2 heterocycles. The molecule has 0 aliphatic carbocycles. The van der Waals surface area contributed by atoms with Gasteiger partial charge in [0.2, 0.25) is 5.91 Å².